The molecule has 2 heterocycles. The Morgan fingerprint density at radius 3 is 2.47 bits per heavy atom. The van der Waals surface area contributed by atoms with Crippen molar-refractivity contribution in [3.63, 3.8) is 0 Å². The Morgan fingerprint density at radius 2 is 1.79 bits per heavy atom. The van der Waals surface area contributed by atoms with E-state index in [4.69, 9.17) is 4.74 Å². The molecule has 2 aliphatic rings. The molecule has 0 saturated carbocycles. The van der Waals surface area contributed by atoms with E-state index in [0.29, 0.717) is 19.6 Å². The van der Waals surface area contributed by atoms with E-state index in [1.54, 1.807) is 4.90 Å². The minimum atomic E-state index is -0.491. The Labute approximate surface area is 113 Å². The molecular weight excluding hydrogens is 248 g/mol. The van der Waals surface area contributed by atoms with Crippen LogP contribution in [0.3, 0.4) is 0 Å². The van der Waals surface area contributed by atoms with Gasteiger partial charge < -0.3 is 20.3 Å². The molecule has 0 radical (unpaired) electrons. The van der Waals surface area contributed by atoms with Gasteiger partial charge in [0.1, 0.15) is 0 Å². The molecule has 0 aromatic heterocycles. The molecule has 0 aromatic carbocycles. The van der Waals surface area contributed by atoms with E-state index in [2.05, 4.69) is 15.5 Å². The lowest BCUT2D eigenvalue weighted by atomic mass is 10.3. The van der Waals surface area contributed by atoms with Gasteiger partial charge in [-0.25, -0.2) is 0 Å². The average molecular weight is 270 g/mol. The maximum atomic E-state index is 11.8. The van der Waals surface area contributed by atoms with Crippen LogP contribution < -0.4 is 10.6 Å². The molecule has 2 N–H and O–H groups in total. The van der Waals surface area contributed by atoms with E-state index in [1.807, 2.05) is 0 Å². The first kappa shape index (κ1) is 14.2. The Hall–Kier alpha value is -1.18. The van der Waals surface area contributed by atoms with Crippen LogP contribution in [0.15, 0.2) is 0 Å². The summed E-state index contributed by atoms with van der Waals surface area (Å²) in [5, 5.41) is 5.84. The van der Waals surface area contributed by atoms with Crippen molar-refractivity contribution in [2.45, 2.75) is 0 Å². The summed E-state index contributed by atoms with van der Waals surface area (Å²) >= 11 is 0. The van der Waals surface area contributed by atoms with Gasteiger partial charge in [-0.3, -0.25) is 14.5 Å². The monoisotopic (exact) mass is 270 g/mol. The van der Waals surface area contributed by atoms with Crippen molar-refractivity contribution in [1.82, 2.24) is 20.4 Å². The lowest BCUT2D eigenvalue weighted by Gasteiger charge is -2.28. The van der Waals surface area contributed by atoms with Crippen LogP contribution in [0.4, 0.5) is 0 Å². The highest BCUT2D eigenvalue weighted by atomic mass is 16.5. The molecule has 108 valence electrons. The highest BCUT2D eigenvalue weighted by Gasteiger charge is 2.22. The Kier molecular flexibility index (Phi) is 5.56. The van der Waals surface area contributed by atoms with E-state index in [0.717, 1.165) is 45.9 Å². The van der Waals surface area contributed by atoms with Crippen LogP contribution in [-0.2, 0) is 14.3 Å². The predicted octanol–water partition coefficient (Wildman–Crippen LogP) is -2.13. The summed E-state index contributed by atoms with van der Waals surface area (Å²) in [5.74, 6) is -0.904. The van der Waals surface area contributed by atoms with Gasteiger partial charge in [-0.15, -0.1) is 0 Å². The summed E-state index contributed by atoms with van der Waals surface area (Å²) in [6, 6.07) is 0. The van der Waals surface area contributed by atoms with Crippen molar-refractivity contribution in [1.29, 1.82) is 0 Å². The zero-order chi connectivity index (χ0) is 13.5. The SMILES string of the molecule is O=C(NCCN1CCOCC1)C(=O)N1CCNCC1. The maximum Gasteiger partial charge on any atom is 0.311 e. The fourth-order valence-electron chi connectivity index (χ4n) is 2.24. The highest BCUT2D eigenvalue weighted by Crippen LogP contribution is 1.96. The number of nitrogens with one attached hydrogen (secondary N) is 2. The predicted molar refractivity (Wildman–Crippen MR) is 69.7 cm³/mol. The third-order valence-corrected chi connectivity index (χ3v) is 3.42. The topological polar surface area (TPSA) is 73.9 Å². The lowest BCUT2D eigenvalue weighted by molar-refractivity contribution is -0.146. The number of hydrogen-bond acceptors (Lipinski definition) is 5. The largest absolute Gasteiger partial charge is 0.379 e. The van der Waals surface area contributed by atoms with Crippen LogP contribution in [0.5, 0.6) is 0 Å². The molecular formula is C12H22N4O3. The average Bonchev–Trinajstić information content (AvgIpc) is 2.48. The number of nitrogens with zero attached hydrogens (tertiary/aromatic N) is 2. The first-order valence-corrected chi connectivity index (χ1v) is 6.85. The summed E-state index contributed by atoms with van der Waals surface area (Å²) in [7, 11) is 0. The zero-order valence-electron chi connectivity index (χ0n) is 11.2. The van der Waals surface area contributed by atoms with Crippen molar-refractivity contribution in [3.05, 3.63) is 0 Å². The van der Waals surface area contributed by atoms with Crippen LogP contribution in [0.25, 0.3) is 0 Å². The number of carbonyl (C=O) groups excluding carboxylic acids is 2. The van der Waals surface area contributed by atoms with Gasteiger partial charge in [0.25, 0.3) is 0 Å². The second-order valence-electron chi connectivity index (χ2n) is 4.75. The molecule has 0 spiro atoms. The summed E-state index contributed by atoms with van der Waals surface area (Å²) in [5.41, 5.74) is 0. The van der Waals surface area contributed by atoms with Gasteiger partial charge in [0.05, 0.1) is 13.2 Å². The second kappa shape index (κ2) is 7.42. The molecule has 7 nitrogen and oxygen atoms in total. The molecule has 0 bridgehead atoms. The molecule has 7 heteroatoms. The van der Waals surface area contributed by atoms with Crippen molar-refractivity contribution in [3.8, 4) is 0 Å². The fraction of sp³-hybridized carbons (Fsp3) is 0.833. The number of piperazine rings is 1. The third kappa shape index (κ3) is 4.45. The molecule has 0 aromatic rings. The summed E-state index contributed by atoms with van der Waals surface area (Å²) in [6.07, 6.45) is 0. The van der Waals surface area contributed by atoms with E-state index in [9.17, 15) is 9.59 Å². The van der Waals surface area contributed by atoms with Crippen molar-refractivity contribution in [2.24, 2.45) is 0 Å². The number of amides is 2. The second-order valence-corrected chi connectivity index (χ2v) is 4.75. The van der Waals surface area contributed by atoms with Gasteiger partial charge in [0.2, 0.25) is 0 Å². The van der Waals surface area contributed by atoms with E-state index in [-0.39, 0.29) is 0 Å². The lowest BCUT2D eigenvalue weighted by Crippen LogP contribution is -2.52. The van der Waals surface area contributed by atoms with Gasteiger partial charge >= 0.3 is 11.8 Å². The van der Waals surface area contributed by atoms with Crippen molar-refractivity contribution < 1.29 is 14.3 Å². The standard InChI is InChI=1S/C12H22N4O3/c17-11(12(18)16-5-1-13-2-6-16)14-3-4-15-7-9-19-10-8-15/h13H,1-10H2,(H,14,17). The molecule has 2 amide bonds. The molecule has 19 heavy (non-hydrogen) atoms. The van der Waals surface area contributed by atoms with Crippen LogP contribution in [-0.4, -0.2) is 87.2 Å². The molecule has 2 rings (SSSR count). The smallest absolute Gasteiger partial charge is 0.311 e. The van der Waals surface area contributed by atoms with Crippen LogP contribution in [0.1, 0.15) is 0 Å². The maximum absolute atomic E-state index is 11.8. The number of ether oxygens (including phenoxy) is 1. The molecule has 0 atom stereocenters. The zero-order valence-corrected chi connectivity index (χ0v) is 11.2. The van der Waals surface area contributed by atoms with Crippen molar-refractivity contribution in [2.75, 3.05) is 65.6 Å². The van der Waals surface area contributed by atoms with Gasteiger partial charge in [0, 0.05) is 52.4 Å². The third-order valence-electron chi connectivity index (χ3n) is 3.42. The van der Waals surface area contributed by atoms with E-state index < -0.39 is 11.8 Å². The molecule has 0 aliphatic carbocycles. The summed E-state index contributed by atoms with van der Waals surface area (Å²) in [6.45, 7) is 7.27. The number of rotatable bonds is 3. The Balaban J connectivity index is 1.64. The van der Waals surface area contributed by atoms with Gasteiger partial charge in [-0.1, -0.05) is 0 Å². The molecule has 2 saturated heterocycles. The van der Waals surface area contributed by atoms with E-state index >= 15 is 0 Å². The molecule has 2 aliphatic heterocycles. The Bertz CT molecular complexity index is 312. The summed E-state index contributed by atoms with van der Waals surface area (Å²) < 4.78 is 5.25. The highest BCUT2D eigenvalue weighted by molar-refractivity contribution is 6.35. The first-order valence-electron chi connectivity index (χ1n) is 6.85. The van der Waals surface area contributed by atoms with Crippen LogP contribution >= 0.6 is 0 Å². The molecule has 2 fully saturated rings. The number of carbonyl (C=O) groups is 2. The Morgan fingerprint density at radius 1 is 1.11 bits per heavy atom. The quantitative estimate of drug-likeness (QED) is 0.573. The minimum Gasteiger partial charge on any atom is -0.379 e. The normalized spacial score (nSPS) is 21.2. The first-order chi connectivity index (χ1) is 9.27. The van der Waals surface area contributed by atoms with E-state index in [1.165, 1.54) is 0 Å². The van der Waals surface area contributed by atoms with Gasteiger partial charge in [0.15, 0.2) is 0 Å². The molecule has 0 unspecified atom stereocenters. The van der Waals surface area contributed by atoms with Crippen LogP contribution in [0.2, 0.25) is 0 Å². The van der Waals surface area contributed by atoms with Gasteiger partial charge in [-0.2, -0.15) is 0 Å². The van der Waals surface area contributed by atoms with Crippen molar-refractivity contribution >= 4 is 11.8 Å². The fourth-order valence-corrected chi connectivity index (χ4v) is 2.24. The minimum absolute atomic E-state index is 0.413. The number of morpholine rings is 1. The summed E-state index contributed by atoms with van der Waals surface area (Å²) in [4.78, 5) is 27.4. The van der Waals surface area contributed by atoms with Crippen LogP contribution in [0, 0.1) is 0 Å². The number of hydrogen-bond donors (Lipinski definition) is 2. The van der Waals surface area contributed by atoms with Gasteiger partial charge in [-0.05, 0) is 0 Å².